The van der Waals surface area contributed by atoms with Crippen molar-refractivity contribution in [3.8, 4) is 0 Å². The average molecular weight is 469 g/mol. The summed E-state index contributed by atoms with van der Waals surface area (Å²) in [6, 6.07) is 6.11. The van der Waals surface area contributed by atoms with Crippen LogP contribution in [0.4, 0.5) is 5.13 Å². The summed E-state index contributed by atoms with van der Waals surface area (Å²) in [6.45, 7) is 0.560. The Morgan fingerprint density at radius 1 is 1.07 bits per heavy atom. The van der Waals surface area contributed by atoms with Gasteiger partial charge in [0.2, 0.25) is 21.1 Å². The highest BCUT2D eigenvalue weighted by atomic mass is 35.5. The van der Waals surface area contributed by atoms with Gasteiger partial charge in [0, 0.05) is 24.0 Å². The Balaban J connectivity index is 1.40. The number of benzene rings is 1. The predicted molar refractivity (Wildman–Crippen MR) is 117 cm³/mol. The van der Waals surface area contributed by atoms with E-state index in [-0.39, 0.29) is 17.3 Å². The lowest BCUT2D eigenvalue weighted by molar-refractivity contribution is -0.120. The van der Waals surface area contributed by atoms with E-state index in [9.17, 15) is 13.2 Å². The van der Waals surface area contributed by atoms with E-state index < -0.39 is 15.9 Å². The van der Waals surface area contributed by atoms with Gasteiger partial charge in [0.25, 0.3) is 0 Å². The third-order valence-electron chi connectivity index (χ3n) is 5.83. The van der Waals surface area contributed by atoms with Gasteiger partial charge in [-0.1, -0.05) is 42.2 Å². The number of carbonyl (C=O) groups is 1. The molecule has 10 heteroatoms. The Bertz CT molecular complexity index is 988. The van der Waals surface area contributed by atoms with Gasteiger partial charge < -0.3 is 5.32 Å². The number of hydrogen-bond acceptors (Lipinski definition) is 6. The Kier molecular flexibility index (Phi) is 6.72. The lowest BCUT2D eigenvalue weighted by Crippen LogP contribution is -2.43. The van der Waals surface area contributed by atoms with E-state index in [0.717, 1.165) is 17.8 Å². The molecular formula is C20H25ClN4O3S2. The van der Waals surface area contributed by atoms with Crippen molar-refractivity contribution >= 4 is 44.0 Å². The molecule has 2 fully saturated rings. The summed E-state index contributed by atoms with van der Waals surface area (Å²) < 4.78 is 27.3. The minimum absolute atomic E-state index is 0.158. The summed E-state index contributed by atoms with van der Waals surface area (Å²) in [6.07, 6.45) is 7.24. The van der Waals surface area contributed by atoms with E-state index in [1.165, 1.54) is 47.0 Å². The molecule has 1 saturated heterocycles. The fraction of sp³-hybridized carbons (Fsp3) is 0.550. The summed E-state index contributed by atoms with van der Waals surface area (Å²) in [5.41, 5.74) is 0. The summed E-state index contributed by atoms with van der Waals surface area (Å²) in [5, 5.41) is 13.2. The molecule has 1 atom stereocenters. The molecule has 4 rings (SSSR count). The Labute approximate surface area is 185 Å². The van der Waals surface area contributed by atoms with Gasteiger partial charge in [-0.25, -0.2) is 8.42 Å². The van der Waals surface area contributed by atoms with Crippen LogP contribution in [0.3, 0.4) is 0 Å². The smallest absolute Gasteiger partial charge is 0.243 e. The molecule has 1 aromatic heterocycles. The van der Waals surface area contributed by atoms with Crippen LogP contribution >= 0.6 is 22.9 Å². The van der Waals surface area contributed by atoms with Crippen LogP contribution < -0.4 is 5.32 Å². The van der Waals surface area contributed by atoms with E-state index >= 15 is 0 Å². The fourth-order valence-corrected chi connectivity index (χ4v) is 6.70. The van der Waals surface area contributed by atoms with Crippen molar-refractivity contribution in [2.24, 2.45) is 5.92 Å². The first-order valence-electron chi connectivity index (χ1n) is 10.3. The molecule has 1 amide bonds. The minimum Gasteiger partial charge on any atom is -0.300 e. The van der Waals surface area contributed by atoms with Crippen molar-refractivity contribution in [3.05, 3.63) is 34.3 Å². The number of amides is 1. The largest absolute Gasteiger partial charge is 0.300 e. The number of hydrogen-bond donors (Lipinski definition) is 1. The summed E-state index contributed by atoms with van der Waals surface area (Å²) in [4.78, 5) is 13.0. The van der Waals surface area contributed by atoms with Crippen LogP contribution in [-0.2, 0) is 14.8 Å². The number of sulfonamides is 1. The number of rotatable bonds is 5. The minimum atomic E-state index is -3.66. The van der Waals surface area contributed by atoms with Crippen LogP contribution in [0.2, 0.25) is 5.02 Å². The van der Waals surface area contributed by atoms with Gasteiger partial charge in [0.05, 0.1) is 10.8 Å². The molecule has 1 aromatic carbocycles. The topological polar surface area (TPSA) is 92.3 Å². The highest BCUT2D eigenvalue weighted by Crippen LogP contribution is 2.35. The number of nitrogens with one attached hydrogen (secondary N) is 1. The van der Waals surface area contributed by atoms with E-state index in [0.29, 0.717) is 35.5 Å². The van der Waals surface area contributed by atoms with Crippen LogP contribution in [0.15, 0.2) is 29.2 Å². The molecule has 1 aliphatic carbocycles. The molecule has 1 aliphatic heterocycles. The fourth-order valence-electron chi connectivity index (χ4n) is 4.14. The van der Waals surface area contributed by atoms with E-state index in [4.69, 9.17) is 11.6 Å². The maximum absolute atomic E-state index is 12.9. The third-order valence-corrected chi connectivity index (χ3v) is 8.96. The molecular weight excluding hydrogens is 444 g/mol. The van der Waals surface area contributed by atoms with E-state index in [1.54, 1.807) is 12.1 Å². The molecule has 1 N–H and O–H groups in total. The molecule has 2 aliphatic rings. The maximum Gasteiger partial charge on any atom is 0.243 e. The zero-order valence-corrected chi connectivity index (χ0v) is 19.0. The SMILES string of the molecule is O=C(Nc1nnc(C2CCCCC2)s1)C1CCCN(S(=O)(=O)c2ccc(Cl)cc2)C1. The number of piperidine rings is 1. The van der Waals surface area contributed by atoms with Gasteiger partial charge in [-0.3, -0.25) is 4.79 Å². The van der Waals surface area contributed by atoms with Crippen molar-refractivity contribution in [2.75, 3.05) is 18.4 Å². The van der Waals surface area contributed by atoms with Crippen molar-refractivity contribution in [1.29, 1.82) is 0 Å². The highest BCUT2D eigenvalue weighted by Gasteiger charge is 2.33. The molecule has 1 saturated carbocycles. The van der Waals surface area contributed by atoms with Crippen molar-refractivity contribution in [3.63, 3.8) is 0 Å². The van der Waals surface area contributed by atoms with Crippen LogP contribution in [0.25, 0.3) is 0 Å². The van der Waals surface area contributed by atoms with Crippen LogP contribution in [0, 0.1) is 5.92 Å². The standard InChI is InChI=1S/C20H25ClN4O3S2/c21-16-8-10-17(11-9-16)30(27,28)25-12-4-7-15(13-25)18(26)22-20-24-23-19(29-20)14-5-2-1-3-6-14/h8-11,14-15H,1-7,12-13H2,(H,22,24,26). The lowest BCUT2D eigenvalue weighted by Gasteiger charge is -2.31. The first-order chi connectivity index (χ1) is 14.4. The van der Waals surface area contributed by atoms with Gasteiger partial charge in [-0.05, 0) is 49.9 Å². The molecule has 7 nitrogen and oxygen atoms in total. The van der Waals surface area contributed by atoms with Crippen molar-refractivity contribution < 1.29 is 13.2 Å². The van der Waals surface area contributed by atoms with Crippen LogP contribution in [0.5, 0.6) is 0 Å². The van der Waals surface area contributed by atoms with Gasteiger partial charge in [-0.15, -0.1) is 10.2 Å². The second-order valence-electron chi connectivity index (χ2n) is 7.93. The maximum atomic E-state index is 12.9. The highest BCUT2D eigenvalue weighted by molar-refractivity contribution is 7.89. The molecule has 2 heterocycles. The van der Waals surface area contributed by atoms with Gasteiger partial charge in [-0.2, -0.15) is 4.31 Å². The predicted octanol–water partition coefficient (Wildman–Crippen LogP) is 4.28. The monoisotopic (exact) mass is 468 g/mol. The Hall–Kier alpha value is -1.55. The molecule has 2 aromatic rings. The number of halogens is 1. The van der Waals surface area contributed by atoms with Crippen LogP contribution in [-0.4, -0.2) is 41.9 Å². The molecule has 1 unspecified atom stereocenters. The van der Waals surface area contributed by atoms with Crippen molar-refractivity contribution in [2.45, 2.75) is 55.8 Å². The van der Waals surface area contributed by atoms with E-state index in [2.05, 4.69) is 15.5 Å². The molecule has 0 bridgehead atoms. The van der Waals surface area contributed by atoms with Crippen LogP contribution in [0.1, 0.15) is 55.9 Å². The summed E-state index contributed by atoms with van der Waals surface area (Å²) in [5.74, 6) is -0.170. The van der Waals surface area contributed by atoms with Crippen molar-refractivity contribution in [1.82, 2.24) is 14.5 Å². The van der Waals surface area contributed by atoms with E-state index in [1.807, 2.05) is 0 Å². The third kappa shape index (κ3) is 4.85. The zero-order chi connectivity index (χ0) is 21.1. The lowest BCUT2D eigenvalue weighted by atomic mass is 9.90. The Morgan fingerprint density at radius 3 is 2.53 bits per heavy atom. The summed E-state index contributed by atoms with van der Waals surface area (Å²) in [7, 11) is -3.66. The Morgan fingerprint density at radius 2 is 1.80 bits per heavy atom. The first kappa shape index (κ1) is 21.7. The molecule has 30 heavy (non-hydrogen) atoms. The number of carbonyl (C=O) groups excluding carboxylic acids is 1. The quantitative estimate of drug-likeness (QED) is 0.707. The van der Waals surface area contributed by atoms with Gasteiger partial charge >= 0.3 is 0 Å². The van der Waals surface area contributed by atoms with Gasteiger partial charge in [0.1, 0.15) is 5.01 Å². The molecule has 0 spiro atoms. The second-order valence-corrected chi connectivity index (χ2v) is 11.3. The summed E-state index contributed by atoms with van der Waals surface area (Å²) >= 11 is 7.31. The molecule has 162 valence electrons. The second kappa shape index (κ2) is 9.30. The normalized spacial score (nSPS) is 21.4. The first-order valence-corrected chi connectivity index (χ1v) is 13.0. The number of anilines is 1. The van der Waals surface area contributed by atoms with Gasteiger partial charge in [0.15, 0.2) is 0 Å². The number of nitrogens with zero attached hydrogens (tertiary/aromatic N) is 3. The average Bonchev–Trinajstić information content (AvgIpc) is 3.23. The zero-order valence-electron chi connectivity index (χ0n) is 16.6. The number of aromatic nitrogens is 2. The molecule has 0 radical (unpaired) electrons.